The summed E-state index contributed by atoms with van der Waals surface area (Å²) in [4.78, 5) is 23.3. The van der Waals surface area contributed by atoms with Gasteiger partial charge in [-0.3, -0.25) is 20.4 Å². The minimum absolute atomic E-state index is 0.0548. The first kappa shape index (κ1) is 18.6. The molecule has 0 saturated carbocycles. The summed E-state index contributed by atoms with van der Waals surface area (Å²) in [5.74, 6) is 0.144. The number of para-hydroxylation sites is 1. The van der Waals surface area contributed by atoms with Crippen LogP contribution < -0.4 is 15.6 Å². The molecule has 1 saturated heterocycles. The second kappa shape index (κ2) is 8.39. The number of ether oxygens (including phenoxy) is 1. The molecule has 24 heavy (non-hydrogen) atoms. The Hall–Kier alpha value is -1.74. The lowest BCUT2D eigenvalue weighted by molar-refractivity contribution is -0.128. The van der Waals surface area contributed by atoms with Crippen LogP contribution in [0.5, 0.6) is 5.75 Å². The van der Waals surface area contributed by atoms with Gasteiger partial charge in [0.2, 0.25) is 5.91 Å². The van der Waals surface area contributed by atoms with Gasteiger partial charge in [-0.15, -0.1) is 11.8 Å². The molecule has 1 aromatic rings. The zero-order valence-electron chi connectivity index (χ0n) is 13.3. The fraction of sp³-hybridized carbons (Fsp3) is 0.467. The molecular formula is C15H20N2O5S2. The largest absolute Gasteiger partial charge is 0.483 e. The van der Waals surface area contributed by atoms with E-state index in [0.717, 1.165) is 5.56 Å². The number of sulfone groups is 1. The molecule has 7 nitrogen and oxygen atoms in total. The van der Waals surface area contributed by atoms with Gasteiger partial charge in [-0.2, -0.15) is 0 Å². The Morgan fingerprint density at radius 1 is 1.25 bits per heavy atom. The topological polar surface area (TPSA) is 102 Å². The van der Waals surface area contributed by atoms with Gasteiger partial charge in [0.05, 0.1) is 17.3 Å². The van der Waals surface area contributed by atoms with Crippen LogP contribution in [-0.4, -0.2) is 49.3 Å². The van der Waals surface area contributed by atoms with Gasteiger partial charge in [0, 0.05) is 5.25 Å². The predicted octanol–water partition coefficient (Wildman–Crippen LogP) is 0.442. The lowest BCUT2D eigenvalue weighted by atomic mass is 10.2. The van der Waals surface area contributed by atoms with E-state index in [1.807, 2.05) is 25.1 Å². The standard InChI is InChI=1S/C15H20N2O5S2/c1-11-4-2-3-5-13(11)22-8-14(18)16-17-15(19)9-23-12-6-7-24(20,21)10-12/h2-5,12H,6-10H2,1H3,(H,16,18)(H,17,19)/t12-/m1/s1. The number of hydrogen-bond acceptors (Lipinski definition) is 6. The monoisotopic (exact) mass is 372 g/mol. The van der Waals surface area contributed by atoms with Gasteiger partial charge in [0.15, 0.2) is 16.4 Å². The molecular weight excluding hydrogens is 352 g/mol. The first-order valence-electron chi connectivity index (χ1n) is 7.44. The molecule has 1 aliphatic rings. The Bertz CT molecular complexity index is 706. The maximum absolute atomic E-state index is 11.7. The SMILES string of the molecule is Cc1ccccc1OCC(=O)NNC(=O)CS[C@@H]1CCS(=O)(=O)C1. The fourth-order valence-electron chi connectivity index (χ4n) is 2.16. The van der Waals surface area contributed by atoms with Gasteiger partial charge in [0.1, 0.15) is 5.75 Å². The highest BCUT2D eigenvalue weighted by Crippen LogP contribution is 2.23. The molecule has 9 heteroatoms. The van der Waals surface area contributed by atoms with Crippen LogP contribution in [0.15, 0.2) is 24.3 Å². The Labute approximate surface area is 145 Å². The highest BCUT2D eigenvalue weighted by molar-refractivity contribution is 8.02. The van der Waals surface area contributed by atoms with Crippen molar-refractivity contribution in [3.05, 3.63) is 29.8 Å². The van der Waals surface area contributed by atoms with Crippen LogP contribution in [0.25, 0.3) is 0 Å². The zero-order valence-corrected chi connectivity index (χ0v) is 14.9. The quantitative estimate of drug-likeness (QED) is 0.703. The second-order valence-electron chi connectivity index (χ2n) is 5.49. The van der Waals surface area contributed by atoms with E-state index in [-0.39, 0.29) is 35.0 Å². The third kappa shape index (κ3) is 6.04. The number of nitrogens with one attached hydrogen (secondary N) is 2. The molecule has 1 atom stereocenters. The lowest BCUT2D eigenvalue weighted by Crippen LogP contribution is -2.44. The highest BCUT2D eigenvalue weighted by atomic mass is 32.2. The van der Waals surface area contributed by atoms with E-state index in [1.165, 1.54) is 11.8 Å². The van der Waals surface area contributed by atoms with Crippen molar-refractivity contribution in [1.29, 1.82) is 0 Å². The Kier molecular flexibility index (Phi) is 6.50. The molecule has 1 aliphatic heterocycles. The third-order valence-electron chi connectivity index (χ3n) is 3.43. The summed E-state index contributed by atoms with van der Waals surface area (Å²) in [7, 11) is -2.95. The summed E-state index contributed by atoms with van der Waals surface area (Å²) >= 11 is 1.28. The average Bonchev–Trinajstić information content (AvgIpc) is 2.89. The molecule has 0 unspecified atom stereocenters. The summed E-state index contributed by atoms with van der Waals surface area (Å²) in [6.07, 6.45) is 0.566. The van der Waals surface area contributed by atoms with Gasteiger partial charge < -0.3 is 4.74 Å². The van der Waals surface area contributed by atoms with E-state index in [1.54, 1.807) is 6.07 Å². The number of hydrogen-bond donors (Lipinski definition) is 2. The molecule has 2 amide bonds. The number of amides is 2. The van der Waals surface area contributed by atoms with E-state index in [4.69, 9.17) is 4.74 Å². The van der Waals surface area contributed by atoms with Crippen LogP contribution in [-0.2, 0) is 19.4 Å². The van der Waals surface area contributed by atoms with Gasteiger partial charge >= 0.3 is 0 Å². The zero-order chi connectivity index (χ0) is 17.6. The number of benzene rings is 1. The van der Waals surface area contributed by atoms with Crippen molar-refractivity contribution in [3.8, 4) is 5.75 Å². The predicted molar refractivity (Wildman–Crippen MR) is 92.5 cm³/mol. The number of aryl methyl sites for hydroxylation is 1. The van der Waals surface area contributed by atoms with E-state index in [2.05, 4.69) is 10.9 Å². The molecule has 2 N–H and O–H groups in total. The molecule has 0 spiro atoms. The van der Waals surface area contributed by atoms with Crippen LogP contribution in [0.1, 0.15) is 12.0 Å². The van der Waals surface area contributed by atoms with Crippen molar-refractivity contribution in [2.45, 2.75) is 18.6 Å². The number of carbonyl (C=O) groups is 2. The summed E-state index contributed by atoms with van der Waals surface area (Å²) in [6.45, 7) is 1.66. The molecule has 1 heterocycles. The van der Waals surface area contributed by atoms with E-state index < -0.39 is 15.7 Å². The molecule has 0 aromatic heterocycles. The first-order chi connectivity index (χ1) is 11.4. The third-order valence-corrected chi connectivity index (χ3v) is 6.72. The van der Waals surface area contributed by atoms with Crippen molar-refractivity contribution in [2.75, 3.05) is 23.9 Å². The number of rotatable bonds is 6. The van der Waals surface area contributed by atoms with Crippen LogP contribution in [0.3, 0.4) is 0 Å². The van der Waals surface area contributed by atoms with Crippen LogP contribution in [0.2, 0.25) is 0 Å². The fourth-order valence-corrected chi connectivity index (χ4v) is 5.60. The van der Waals surface area contributed by atoms with Crippen molar-refractivity contribution in [1.82, 2.24) is 10.9 Å². The highest BCUT2D eigenvalue weighted by Gasteiger charge is 2.28. The molecule has 0 aliphatic carbocycles. The summed E-state index contributed by atoms with van der Waals surface area (Å²) in [5, 5.41) is -0.0548. The van der Waals surface area contributed by atoms with Crippen molar-refractivity contribution < 1.29 is 22.7 Å². The van der Waals surface area contributed by atoms with Crippen molar-refractivity contribution in [2.24, 2.45) is 0 Å². The van der Waals surface area contributed by atoms with Crippen LogP contribution in [0.4, 0.5) is 0 Å². The minimum Gasteiger partial charge on any atom is -0.483 e. The lowest BCUT2D eigenvalue weighted by Gasteiger charge is -2.11. The Morgan fingerprint density at radius 3 is 2.62 bits per heavy atom. The minimum atomic E-state index is -2.95. The maximum atomic E-state index is 11.7. The Balaban J connectivity index is 1.63. The average molecular weight is 372 g/mol. The summed E-state index contributed by atoms with van der Waals surface area (Å²) in [6, 6.07) is 7.31. The molecule has 0 radical (unpaired) electrons. The number of thioether (sulfide) groups is 1. The number of hydrazine groups is 1. The van der Waals surface area contributed by atoms with Gasteiger partial charge in [-0.25, -0.2) is 8.42 Å². The van der Waals surface area contributed by atoms with E-state index in [0.29, 0.717) is 12.2 Å². The van der Waals surface area contributed by atoms with Gasteiger partial charge in [0.25, 0.3) is 5.91 Å². The molecule has 1 fully saturated rings. The normalized spacial score (nSPS) is 18.8. The van der Waals surface area contributed by atoms with Crippen molar-refractivity contribution in [3.63, 3.8) is 0 Å². The first-order valence-corrected chi connectivity index (χ1v) is 10.3. The second-order valence-corrected chi connectivity index (χ2v) is 9.00. The van der Waals surface area contributed by atoms with Gasteiger partial charge in [-0.1, -0.05) is 18.2 Å². The van der Waals surface area contributed by atoms with Crippen LogP contribution >= 0.6 is 11.8 Å². The molecule has 132 valence electrons. The molecule has 2 rings (SSSR count). The maximum Gasteiger partial charge on any atom is 0.276 e. The van der Waals surface area contributed by atoms with Crippen LogP contribution in [0, 0.1) is 6.92 Å². The van der Waals surface area contributed by atoms with Gasteiger partial charge in [-0.05, 0) is 25.0 Å². The Morgan fingerprint density at radius 2 is 1.96 bits per heavy atom. The number of carbonyl (C=O) groups excluding carboxylic acids is 2. The van der Waals surface area contributed by atoms with Crippen molar-refractivity contribution >= 4 is 33.4 Å². The summed E-state index contributed by atoms with van der Waals surface area (Å²) < 4.78 is 28.0. The summed E-state index contributed by atoms with van der Waals surface area (Å²) in [5.41, 5.74) is 5.47. The van der Waals surface area contributed by atoms with E-state index >= 15 is 0 Å². The van der Waals surface area contributed by atoms with E-state index in [9.17, 15) is 18.0 Å². The molecule has 1 aromatic carbocycles. The molecule has 0 bridgehead atoms. The smallest absolute Gasteiger partial charge is 0.276 e.